The van der Waals surface area contributed by atoms with Gasteiger partial charge in [-0.15, -0.1) is 0 Å². The van der Waals surface area contributed by atoms with E-state index in [0.717, 1.165) is 5.56 Å². The second kappa shape index (κ2) is 6.75. The Kier molecular flexibility index (Phi) is 5.00. The molecule has 106 valence electrons. The summed E-state index contributed by atoms with van der Waals surface area (Å²) in [6, 6.07) is 12.5. The number of carbonyl (C=O) groups is 1. The van der Waals surface area contributed by atoms with E-state index in [0.29, 0.717) is 32.7 Å². The Morgan fingerprint density at radius 2 is 2.14 bits per heavy atom. The quantitative estimate of drug-likeness (QED) is 0.723. The summed E-state index contributed by atoms with van der Waals surface area (Å²) >= 11 is 9.27. The van der Waals surface area contributed by atoms with E-state index in [2.05, 4.69) is 22.0 Å². The molecule has 0 aliphatic carbocycles. The number of carbonyl (C=O) groups excluding carboxylic acids is 1. The van der Waals surface area contributed by atoms with Crippen LogP contribution in [-0.4, -0.2) is 6.29 Å². The number of benzene rings is 2. The molecule has 0 saturated carbocycles. The molecule has 2 rings (SSSR count). The third-order valence-corrected chi connectivity index (χ3v) is 4.17. The maximum absolute atomic E-state index is 11.1. The van der Waals surface area contributed by atoms with Crippen molar-refractivity contribution in [3.63, 3.8) is 0 Å². The first kappa shape index (κ1) is 15.6. The van der Waals surface area contributed by atoms with Gasteiger partial charge in [0.2, 0.25) is 0 Å². The van der Waals surface area contributed by atoms with Gasteiger partial charge in [0, 0.05) is 4.47 Å². The fraction of sp³-hybridized carbons (Fsp3) is 0.125. The highest BCUT2D eigenvalue weighted by atomic mass is 79.9. The average Bonchev–Trinajstić information content (AvgIpc) is 2.50. The van der Waals surface area contributed by atoms with Crippen LogP contribution in [-0.2, 0) is 0 Å². The fourth-order valence-electron chi connectivity index (χ4n) is 1.86. The standard InChI is InChI=1S/C16H11BrClNO2/c1-10(12-4-2-3-11(5-12)8-19)21-16-7-14(17)15(18)6-13(16)9-20/h2-7,9-10H,1H3. The summed E-state index contributed by atoms with van der Waals surface area (Å²) in [6.07, 6.45) is 0.400. The van der Waals surface area contributed by atoms with Gasteiger partial charge in [0.05, 0.1) is 22.2 Å². The molecule has 1 atom stereocenters. The van der Waals surface area contributed by atoms with Crippen molar-refractivity contribution in [1.82, 2.24) is 0 Å². The molecule has 5 heteroatoms. The van der Waals surface area contributed by atoms with E-state index >= 15 is 0 Å². The Hall–Kier alpha value is -1.83. The predicted octanol–water partition coefficient (Wildman–Crippen LogP) is 4.93. The third kappa shape index (κ3) is 3.63. The van der Waals surface area contributed by atoms with E-state index in [9.17, 15) is 4.79 Å². The maximum Gasteiger partial charge on any atom is 0.153 e. The molecule has 0 radical (unpaired) electrons. The lowest BCUT2D eigenvalue weighted by molar-refractivity contribution is 0.111. The fourth-order valence-corrected chi connectivity index (χ4v) is 2.35. The smallest absolute Gasteiger partial charge is 0.153 e. The molecule has 0 aliphatic heterocycles. The maximum atomic E-state index is 11.1. The van der Waals surface area contributed by atoms with E-state index in [1.54, 1.807) is 30.3 Å². The van der Waals surface area contributed by atoms with Crippen LogP contribution in [0.25, 0.3) is 0 Å². The highest BCUT2D eigenvalue weighted by Crippen LogP contribution is 2.32. The number of halogens is 2. The first-order chi connectivity index (χ1) is 10.0. The summed E-state index contributed by atoms with van der Waals surface area (Å²) in [4.78, 5) is 11.1. The van der Waals surface area contributed by atoms with Crippen LogP contribution in [0.5, 0.6) is 5.75 Å². The molecule has 0 amide bonds. The molecule has 2 aromatic carbocycles. The Bertz CT molecular complexity index is 725. The highest BCUT2D eigenvalue weighted by molar-refractivity contribution is 9.10. The van der Waals surface area contributed by atoms with E-state index in [1.165, 1.54) is 0 Å². The number of nitriles is 1. The Morgan fingerprint density at radius 1 is 1.38 bits per heavy atom. The lowest BCUT2D eigenvalue weighted by Gasteiger charge is -2.17. The van der Waals surface area contributed by atoms with Crippen molar-refractivity contribution >= 4 is 33.8 Å². The number of hydrogen-bond donors (Lipinski definition) is 0. The van der Waals surface area contributed by atoms with Gasteiger partial charge in [-0.25, -0.2) is 0 Å². The van der Waals surface area contributed by atoms with E-state index in [1.807, 2.05) is 13.0 Å². The number of rotatable bonds is 4. The number of ether oxygens (including phenoxy) is 1. The van der Waals surface area contributed by atoms with Crippen molar-refractivity contribution in [1.29, 1.82) is 5.26 Å². The first-order valence-electron chi connectivity index (χ1n) is 6.16. The van der Waals surface area contributed by atoms with Crippen molar-refractivity contribution in [2.75, 3.05) is 0 Å². The van der Waals surface area contributed by atoms with Crippen LogP contribution in [0.15, 0.2) is 40.9 Å². The molecular formula is C16H11BrClNO2. The summed E-state index contributed by atoms with van der Waals surface area (Å²) in [5.41, 5.74) is 1.80. The minimum atomic E-state index is -0.301. The molecule has 0 fully saturated rings. The van der Waals surface area contributed by atoms with Crippen LogP contribution in [0.4, 0.5) is 0 Å². The SMILES string of the molecule is CC(Oc1cc(Br)c(Cl)cc1C=O)c1cccc(C#N)c1. The molecule has 0 spiro atoms. The topological polar surface area (TPSA) is 50.1 Å². The van der Waals surface area contributed by atoms with Crippen molar-refractivity contribution in [3.05, 3.63) is 62.6 Å². The van der Waals surface area contributed by atoms with E-state index < -0.39 is 0 Å². The molecule has 0 aromatic heterocycles. The number of hydrogen-bond acceptors (Lipinski definition) is 3. The van der Waals surface area contributed by atoms with Gasteiger partial charge in [-0.1, -0.05) is 23.7 Å². The minimum Gasteiger partial charge on any atom is -0.485 e. The van der Waals surface area contributed by atoms with Crippen LogP contribution in [0, 0.1) is 11.3 Å². The van der Waals surface area contributed by atoms with Crippen molar-refractivity contribution in [3.8, 4) is 11.8 Å². The van der Waals surface area contributed by atoms with Gasteiger partial charge >= 0.3 is 0 Å². The molecule has 21 heavy (non-hydrogen) atoms. The first-order valence-corrected chi connectivity index (χ1v) is 7.33. The molecule has 2 aromatic rings. The highest BCUT2D eigenvalue weighted by Gasteiger charge is 2.13. The van der Waals surface area contributed by atoms with Gasteiger partial charge in [-0.2, -0.15) is 5.26 Å². The Labute approximate surface area is 136 Å². The van der Waals surface area contributed by atoms with Gasteiger partial charge in [0.25, 0.3) is 0 Å². The van der Waals surface area contributed by atoms with Crippen molar-refractivity contribution in [2.45, 2.75) is 13.0 Å². The van der Waals surface area contributed by atoms with Gasteiger partial charge in [0.1, 0.15) is 11.9 Å². The summed E-state index contributed by atoms with van der Waals surface area (Å²) in [6.45, 7) is 1.85. The molecule has 0 N–H and O–H groups in total. The zero-order chi connectivity index (χ0) is 15.4. The molecular weight excluding hydrogens is 354 g/mol. The summed E-state index contributed by atoms with van der Waals surface area (Å²) in [5.74, 6) is 0.441. The largest absolute Gasteiger partial charge is 0.485 e. The van der Waals surface area contributed by atoms with Crippen LogP contribution >= 0.6 is 27.5 Å². The Morgan fingerprint density at radius 3 is 2.81 bits per heavy atom. The van der Waals surface area contributed by atoms with E-state index in [4.69, 9.17) is 21.6 Å². The van der Waals surface area contributed by atoms with Crippen LogP contribution in [0.1, 0.15) is 34.5 Å². The minimum absolute atomic E-state index is 0.301. The van der Waals surface area contributed by atoms with E-state index in [-0.39, 0.29) is 6.10 Å². The zero-order valence-corrected chi connectivity index (χ0v) is 13.5. The average molecular weight is 365 g/mol. The van der Waals surface area contributed by atoms with Crippen molar-refractivity contribution < 1.29 is 9.53 Å². The second-order valence-electron chi connectivity index (χ2n) is 4.42. The van der Waals surface area contributed by atoms with Crippen LogP contribution in [0.2, 0.25) is 5.02 Å². The molecule has 0 aliphatic rings. The van der Waals surface area contributed by atoms with Crippen molar-refractivity contribution in [2.24, 2.45) is 0 Å². The van der Waals surface area contributed by atoms with Gasteiger partial charge < -0.3 is 4.74 Å². The number of aldehydes is 1. The molecule has 0 bridgehead atoms. The lowest BCUT2D eigenvalue weighted by Crippen LogP contribution is -2.05. The predicted molar refractivity (Wildman–Crippen MR) is 84.7 cm³/mol. The normalized spacial score (nSPS) is 11.5. The van der Waals surface area contributed by atoms with Crippen LogP contribution < -0.4 is 4.74 Å². The Balaban J connectivity index is 2.31. The summed E-state index contributed by atoms with van der Waals surface area (Å²) in [7, 11) is 0. The zero-order valence-electron chi connectivity index (χ0n) is 11.1. The second-order valence-corrected chi connectivity index (χ2v) is 5.68. The van der Waals surface area contributed by atoms with Gasteiger partial charge in [0.15, 0.2) is 6.29 Å². The summed E-state index contributed by atoms with van der Waals surface area (Å²) in [5, 5.41) is 9.37. The lowest BCUT2D eigenvalue weighted by atomic mass is 10.1. The van der Waals surface area contributed by atoms with Gasteiger partial charge in [-0.3, -0.25) is 4.79 Å². The monoisotopic (exact) mass is 363 g/mol. The molecule has 0 saturated heterocycles. The number of nitrogens with zero attached hydrogens (tertiary/aromatic N) is 1. The summed E-state index contributed by atoms with van der Waals surface area (Å²) < 4.78 is 6.48. The molecule has 0 heterocycles. The van der Waals surface area contributed by atoms with Gasteiger partial charge in [-0.05, 0) is 52.7 Å². The molecule has 3 nitrogen and oxygen atoms in total. The van der Waals surface area contributed by atoms with Crippen LogP contribution in [0.3, 0.4) is 0 Å². The molecule has 1 unspecified atom stereocenters. The third-order valence-electron chi connectivity index (χ3n) is 2.97.